The molecule has 0 aliphatic carbocycles. The molecule has 0 aliphatic heterocycles. The standard InChI is InChI=1S/C10H10N2/c1-7-4-8-6-12-3-2-9(8)10(11)5-7/h2-6H,11H2,1H3. The molecule has 2 nitrogen and oxygen atoms in total. The smallest absolute Gasteiger partial charge is 0.0397 e. The predicted molar refractivity (Wildman–Crippen MR) is 50.9 cm³/mol. The molecule has 1 heterocycles. The van der Waals surface area contributed by atoms with Crippen LogP contribution in [0.3, 0.4) is 0 Å². The Labute approximate surface area is 71.0 Å². The van der Waals surface area contributed by atoms with Crippen LogP contribution in [0.4, 0.5) is 5.69 Å². The van der Waals surface area contributed by atoms with Gasteiger partial charge in [-0.1, -0.05) is 0 Å². The van der Waals surface area contributed by atoms with E-state index in [9.17, 15) is 0 Å². The molecule has 0 unspecified atom stereocenters. The topological polar surface area (TPSA) is 38.9 Å². The first-order valence-corrected chi connectivity index (χ1v) is 3.87. The van der Waals surface area contributed by atoms with E-state index in [1.165, 1.54) is 5.56 Å². The largest absolute Gasteiger partial charge is 0.398 e. The summed E-state index contributed by atoms with van der Waals surface area (Å²) in [5.74, 6) is 0. The van der Waals surface area contributed by atoms with Gasteiger partial charge in [0.1, 0.15) is 0 Å². The van der Waals surface area contributed by atoms with Crippen molar-refractivity contribution in [3.8, 4) is 0 Å². The molecule has 0 bridgehead atoms. The van der Waals surface area contributed by atoms with Crippen molar-refractivity contribution in [2.45, 2.75) is 6.92 Å². The van der Waals surface area contributed by atoms with Crippen LogP contribution in [0.2, 0.25) is 0 Å². The Kier molecular flexibility index (Phi) is 1.47. The summed E-state index contributed by atoms with van der Waals surface area (Å²) >= 11 is 0. The summed E-state index contributed by atoms with van der Waals surface area (Å²) in [4.78, 5) is 4.04. The number of benzene rings is 1. The maximum absolute atomic E-state index is 5.83. The molecule has 12 heavy (non-hydrogen) atoms. The van der Waals surface area contributed by atoms with E-state index >= 15 is 0 Å². The zero-order valence-electron chi connectivity index (χ0n) is 6.91. The fraction of sp³-hybridized carbons (Fsp3) is 0.100. The third-order valence-corrected chi connectivity index (χ3v) is 1.93. The first kappa shape index (κ1) is 7.10. The van der Waals surface area contributed by atoms with E-state index in [0.717, 1.165) is 16.5 Å². The van der Waals surface area contributed by atoms with E-state index in [4.69, 9.17) is 5.73 Å². The fourth-order valence-electron chi connectivity index (χ4n) is 1.39. The van der Waals surface area contributed by atoms with Crippen LogP contribution in [0.15, 0.2) is 30.6 Å². The second kappa shape index (κ2) is 2.48. The summed E-state index contributed by atoms with van der Waals surface area (Å²) in [6, 6.07) is 5.99. The summed E-state index contributed by atoms with van der Waals surface area (Å²) in [5.41, 5.74) is 7.83. The maximum atomic E-state index is 5.83. The van der Waals surface area contributed by atoms with E-state index in [2.05, 4.69) is 11.1 Å². The van der Waals surface area contributed by atoms with Crippen molar-refractivity contribution >= 4 is 16.5 Å². The number of hydrogen-bond acceptors (Lipinski definition) is 2. The molecule has 0 amide bonds. The first-order valence-electron chi connectivity index (χ1n) is 3.87. The average molecular weight is 158 g/mol. The SMILES string of the molecule is Cc1cc(N)c2ccncc2c1. The van der Waals surface area contributed by atoms with Gasteiger partial charge in [0.2, 0.25) is 0 Å². The molecule has 0 aliphatic rings. The molecule has 0 spiro atoms. The van der Waals surface area contributed by atoms with Gasteiger partial charge in [0.15, 0.2) is 0 Å². The van der Waals surface area contributed by atoms with E-state index in [-0.39, 0.29) is 0 Å². The van der Waals surface area contributed by atoms with Crippen molar-refractivity contribution in [3.63, 3.8) is 0 Å². The zero-order chi connectivity index (χ0) is 8.55. The molecule has 1 aromatic carbocycles. The quantitative estimate of drug-likeness (QED) is 0.596. The highest BCUT2D eigenvalue weighted by Crippen LogP contribution is 2.21. The number of anilines is 1. The summed E-state index contributed by atoms with van der Waals surface area (Å²) < 4.78 is 0. The van der Waals surface area contributed by atoms with Gasteiger partial charge in [-0.3, -0.25) is 4.98 Å². The van der Waals surface area contributed by atoms with Gasteiger partial charge < -0.3 is 5.73 Å². The summed E-state index contributed by atoms with van der Waals surface area (Å²) in [7, 11) is 0. The van der Waals surface area contributed by atoms with Gasteiger partial charge in [0.25, 0.3) is 0 Å². The fourth-order valence-corrected chi connectivity index (χ4v) is 1.39. The Morgan fingerprint density at radius 2 is 2.17 bits per heavy atom. The molecular formula is C10H10N2. The predicted octanol–water partition coefficient (Wildman–Crippen LogP) is 2.13. The Hall–Kier alpha value is -1.57. The van der Waals surface area contributed by atoms with E-state index < -0.39 is 0 Å². The molecule has 0 radical (unpaired) electrons. The van der Waals surface area contributed by atoms with Crippen LogP contribution in [-0.4, -0.2) is 4.98 Å². The van der Waals surface area contributed by atoms with Gasteiger partial charge in [-0.15, -0.1) is 0 Å². The number of nitrogens with two attached hydrogens (primary N) is 1. The Bertz CT molecular complexity index is 421. The minimum absolute atomic E-state index is 0.826. The first-order chi connectivity index (χ1) is 5.77. The average Bonchev–Trinajstić information content (AvgIpc) is 2.04. The molecule has 0 atom stereocenters. The molecule has 1 aromatic heterocycles. The molecule has 60 valence electrons. The van der Waals surface area contributed by atoms with Gasteiger partial charge in [0.05, 0.1) is 0 Å². The molecule has 2 aromatic rings. The molecule has 0 saturated heterocycles. The van der Waals surface area contributed by atoms with Gasteiger partial charge in [0, 0.05) is 28.9 Å². The van der Waals surface area contributed by atoms with Crippen molar-refractivity contribution in [2.24, 2.45) is 0 Å². The number of hydrogen-bond donors (Lipinski definition) is 1. The summed E-state index contributed by atoms with van der Waals surface area (Å²) in [5, 5.41) is 2.19. The monoisotopic (exact) mass is 158 g/mol. The van der Waals surface area contributed by atoms with Crippen LogP contribution in [-0.2, 0) is 0 Å². The lowest BCUT2D eigenvalue weighted by atomic mass is 10.1. The molecule has 2 N–H and O–H groups in total. The molecule has 0 saturated carbocycles. The Morgan fingerprint density at radius 1 is 1.33 bits per heavy atom. The second-order valence-corrected chi connectivity index (χ2v) is 2.95. The van der Waals surface area contributed by atoms with Crippen LogP contribution < -0.4 is 5.73 Å². The molecule has 2 heteroatoms. The molecule has 2 rings (SSSR count). The second-order valence-electron chi connectivity index (χ2n) is 2.95. The third-order valence-electron chi connectivity index (χ3n) is 1.93. The van der Waals surface area contributed by atoms with E-state index in [1.807, 2.05) is 25.3 Å². The van der Waals surface area contributed by atoms with Crippen molar-refractivity contribution in [3.05, 3.63) is 36.2 Å². The summed E-state index contributed by atoms with van der Waals surface area (Å²) in [6.07, 6.45) is 3.59. The van der Waals surface area contributed by atoms with Crippen LogP contribution >= 0.6 is 0 Å². The van der Waals surface area contributed by atoms with Gasteiger partial charge in [-0.25, -0.2) is 0 Å². The number of aryl methyl sites for hydroxylation is 1. The summed E-state index contributed by atoms with van der Waals surface area (Å²) in [6.45, 7) is 2.03. The van der Waals surface area contributed by atoms with Crippen molar-refractivity contribution in [2.75, 3.05) is 5.73 Å². The normalized spacial score (nSPS) is 10.4. The zero-order valence-corrected chi connectivity index (χ0v) is 6.91. The van der Waals surface area contributed by atoms with Crippen molar-refractivity contribution in [1.82, 2.24) is 4.98 Å². The number of nitrogen functional groups attached to an aromatic ring is 1. The molecule has 0 fully saturated rings. The number of fused-ring (bicyclic) bond motifs is 1. The van der Waals surface area contributed by atoms with Crippen molar-refractivity contribution in [1.29, 1.82) is 0 Å². The highest BCUT2D eigenvalue weighted by Gasteiger charge is 1.97. The van der Waals surface area contributed by atoms with Crippen molar-refractivity contribution < 1.29 is 0 Å². The van der Waals surface area contributed by atoms with Crippen LogP contribution in [0.1, 0.15) is 5.56 Å². The van der Waals surface area contributed by atoms with E-state index in [1.54, 1.807) is 6.20 Å². The minimum Gasteiger partial charge on any atom is -0.398 e. The minimum atomic E-state index is 0.826. The Morgan fingerprint density at radius 3 is 3.00 bits per heavy atom. The van der Waals surface area contributed by atoms with E-state index in [0.29, 0.717) is 0 Å². The number of rotatable bonds is 0. The maximum Gasteiger partial charge on any atom is 0.0397 e. The highest BCUT2D eigenvalue weighted by atomic mass is 14.6. The van der Waals surface area contributed by atoms with Gasteiger partial charge in [-0.2, -0.15) is 0 Å². The molecular weight excluding hydrogens is 148 g/mol. The lowest BCUT2D eigenvalue weighted by molar-refractivity contribution is 1.36. The Balaban J connectivity index is 2.89. The van der Waals surface area contributed by atoms with Gasteiger partial charge >= 0.3 is 0 Å². The third kappa shape index (κ3) is 1.01. The van der Waals surface area contributed by atoms with Crippen LogP contribution in [0.5, 0.6) is 0 Å². The van der Waals surface area contributed by atoms with Gasteiger partial charge in [-0.05, 0) is 30.7 Å². The van der Waals surface area contributed by atoms with Crippen LogP contribution in [0.25, 0.3) is 10.8 Å². The lowest BCUT2D eigenvalue weighted by Gasteiger charge is -2.02. The number of pyridine rings is 1. The lowest BCUT2D eigenvalue weighted by Crippen LogP contribution is -1.88. The highest BCUT2D eigenvalue weighted by molar-refractivity contribution is 5.92. The number of aromatic nitrogens is 1. The van der Waals surface area contributed by atoms with Crippen LogP contribution in [0, 0.1) is 6.92 Å². The number of nitrogens with zero attached hydrogens (tertiary/aromatic N) is 1.